The highest BCUT2D eigenvalue weighted by Crippen LogP contribution is 2.20. The number of carbonyl (C=O) groups excluding carboxylic acids is 2. The molecule has 150 valence electrons. The van der Waals surface area contributed by atoms with Crippen molar-refractivity contribution in [1.82, 2.24) is 5.32 Å². The van der Waals surface area contributed by atoms with Crippen molar-refractivity contribution in [1.29, 1.82) is 0 Å². The molecule has 7 nitrogen and oxygen atoms in total. The highest BCUT2D eigenvalue weighted by molar-refractivity contribution is 9.10. The molecule has 0 atom stereocenters. The molecule has 0 aliphatic rings. The average molecular weight is 458 g/mol. The summed E-state index contributed by atoms with van der Waals surface area (Å²) in [5, 5.41) is 8.08. The number of nitrogens with one attached hydrogen (secondary N) is 3. The zero-order valence-electron chi connectivity index (χ0n) is 15.7. The molecule has 0 bridgehead atoms. The van der Waals surface area contributed by atoms with Gasteiger partial charge in [0, 0.05) is 22.4 Å². The second-order valence-electron chi connectivity index (χ2n) is 6.03. The topological polar surface area (TPSA) is 92.6 Å². The minimum atomic E-state index is -0.395. The van der Waals surface area contributed by atoms with Crippen molar-refractivity contribution in [2.75, 3.05) is 17.2 Å². The smallest absolute Gasteiger partial charge is 0.319 e. The maximum Gasteiger partial charge on any atom is 0.319 e. The molecule has 0 saturated heterocycles. The fourth-order valence-electron chi connectivity index (χ4n) is 2.49. The number of ether oxygens (including phenoxy) is 1. The van der Waals surface area contributed by atoms with E-state index in [1.54, 1.807) is 36.4 Å². The molecule has 0 radical (unpaired) electrons. The molecule has 1 aromatic heterocycles. The Hall–Kier alpha value is -3.26. The quantitative estimate of drug-likeness (QED) is 0.464. The molecule has 0 aliphatic heterocycles. The van der Waals surface area contributed by atoms with E-state index in [-0.39, 0.29) is 18.4 Å². The molecule has 29 heavy (non-hydrogen) atoms. The monoisotopic (exact) mass is 457 g/mol. The molecule has 0 saturated carbocycles. The Morgan fingerprint density at radius 3 is 2.52 bits per heavy atom. The van der Waals surface area contributed by atoms with E-state index >= 15 is 0 Å². The van der Waals surface area contributed by atoms with Gasteiger partial charge < -0.3 is 25.1 Å². The summed E-state index contributed by atoms with van der Waals surface area (Å²) in [6, 6.07) is 17.3. The van der Waals surface area contributed by atoms with Gasteiger partial charge in [-0.25, -0.2) is 4.79 Å². The van der Waals surface area contributed by atoms with E-state index in [2.05, 4.69) is 31.9 Å². The Balaban J connectivity index is 1.58. The lowest BCUT2D eigenvalue weighted by atomic mass is 10.2. The van der Waals surface area contributed by atoms with Crippen LogP contribution in [-0.4, -0.2) is 18.5 Å². The van der Waals surface area contributed by atoms with Crippen LogP contribution < -0.4 is 20.7 Å². The van der Waals surface area contributed by atoms with Crippen LogP contribution in [0.4, 0.5) is 16.2 Å². The van der Waals surface area contributed by atoms with Crippen LogP contribution in [0.3, 0.4) is 0 Å². The highest BCUT2D eigenvalue weighted by atomic mass is 79.9. The van der Waals surface area contributed by atoms with Crippen molar-refractivity contribution in [3.05, 3.63) is 76.7 Å². The van der Waals surface area contributed by atoms with Gasteiger partial charge in [0.25, 0.3) is 5.91 Å². The summed E-state index contributed by atoms with van der Waals surface area (Å²) in [5.74, 6) is 0.994. The van der Waals surface area contributed by atoms with Crippen molar-refractivity contribution < 1.29 is 18.7 Å². The highest BCUT2D eigenvalue weighted by Gasteiger charge is 2.12. The van der Waals surface area contributed by atoms with E-state index in [1.807, 2.05) is 31.2 Å². The first kappa shape index (κ1) is 20.5. The molecule has 3 aromatic rings. The number of rotatable bonds is 7. The van der Waals surface area contributed by atoms with Gasteiger partial charge in [-0.1, -0.05) is 28.1 Å². The fourth-order valence-corrected chi connectivity index (χ4v) is 2.87. The summed E-state index contributed by atoms with van der Waals surface area (Å²) in [5.41, 5.74) is 1.10. The van der Waals surface area contributed by atoms with Gasteiger partial charge in [0.2, 0.25) is 0 Å². The van der Waals surface area contributed by atoms with Crippen LogP contribution >= 0.6 is 15.9 Å². The zero-order chi connectivity index (χ0) is 20.6. The predicted molar refractivity (Wildman–Crippen MR) is 114 cm³/mol. The Kier molecular flexibility index (Phi) is 6.91. The minimum Gasteiger partial charge on any atom is -0.486 e. The van der Waals surface area contributed by atoms with Gasteiger partial charge in [0.05, 0.1) is 0 Å². The molecule has 0 aliphatic carbocycles. The lowest BCUT2D eigenvalue weighted by molar-refractivity contribution is 0.0992. The number of carbonyl (C=O) groups is 2. The third-order valence-corrected chi connectivity index (χ3v) is 4.27. The molecule has 2 aromatic carbocycles. The first-order chi connectivity index (χ1) is 14.0. The largest absolute Gasteiger partial charge is 0.486 e. The number of benzene rings is 2. The van der Waals surface area contributed by atoms with Crippen LogP contribution in [0.5, 0.6) is 5.75 Å². The van der Waals surface area contributed by atoms with Gasteiger partial charge in [0.15, 0.2) is 5.76 Å². The lowest BCUT2D eigenvalue weighted by Crippen LogP contribution is -2.28. The standard InChI is InChI=1S/C21H20BrN3O4/c1-2-23-21(27)25-16-7-4-6-15(12-16)24-20(26)19-10-9-18(29-19)13-28-17-8-3-5-14(22)11-17/h3-12H,2,13H2,1H3,(H,24,26)(H2,23,25,27). The van der Waals surface area contributed by atoms with Crippen LogP contribution in [-0.2, 0) is 6.61 Å². The molecule has 0 spiro atoms. The van der Waals surface area contributed by atoms with Gasteiger partial charge in [-0.3, -0.25) is 4.79 Å². The van der Waals surface area contributed by atoms with Crippen molar-refractivity contribution in [3.8, 4) is 5.75 Å². The molecular formula is C21H20BrN3O4. The van der Waals surface area contributed by atoms with Gasteiger partial charge >= 0.3 is 6.03 Å². The summed E-state index contributed by atoms with van der Waals surface area (Å²) in [7, 11) is 0. The Morgan fingerprint density at radius 2 is 1.76 bits per heavy atom. The number of furan rings is 1. The minimum absolute atomic E-state index is 0.167. The molecule has 8 heteroatoms. The predicted octanol–water partition coefficient (Wildman–Crippen LogP) is 5.01. The second kappa shape index (κ2) is 9.79. The Morgan fingerprint density at radius 1 is 1.00 bits per heavy atom. The SMILES string of the molecule is CCNC(=O)Nc1cccc(NC(=O)c2ccc(COc3cccc(Br)c3)o2)c1. The zero-order valence-corrected chi connectivity index (χ0v) is 17.3. The summed E-state index contributed by atoms with van der Waals surface area (Å²) < 4.78 is 12.1. The van der Waals surface area contributed by atoms with E-state index in [0.29, 0.717) is 29.4 Å². The van der Waals surface area contributed by atoms with Crippen LogP contribution in [0.25, 0.3) is 0 Å². The van der Waals surface area contributed by atoms with Crippen molar-refractivity contribution in [2.45, 2.75) is 13.5 Å². The first-order valence-electron chi connectivity index (χ1n) is 8.97. The molecule has 0 fully saturated rings. The van der Waals surface area contributed by atoms with E-state index in [1.165, 1.54) is 0 Å². The van der Waals surface area contributed by atoms with Crippen LogP contribution in [0.15, 0.2) is 69.6 Å². The third-order valence-electron chi connectivity index (χ3n) is 3.78. The number of amides is 3. The molecule has 3 amide bonds. The number of hydrogen-bond acceptors (Lipinski definition) is 4. The third kappa shape index (κ3) is 6.11. The van der Waals surface area contributed by atoms with Gasteiger partial charge in [-0.2, -0.15) is 0 Å². The number of anilines is 2. The van der Waals surface area contributed by atoms with Gasteiger partial charge in [-0.05, 0) is 55.5 Å². The Labute approximate surface area is 176 Å². The van der Waals surface area contributed by atoms with Crippen molar-refractivity contribution >= 4 is 39.2 Å². The normalized spacial score (nSPS) is 10.3. The number of urea groups is 1. The molecule has 3 N–H and O–H groups in total. The maximum absolute atomic E-state index is 12.4. The number of hydrogen-bond donors (Lipinski definition) is 3. The first-order valence-corrected chi connectivity index (χ1v) is 9.76. The molecule has 1 heterocycles. The van der Waals surface area contributed by atoms with Crippen molar-refractivity contribution in [2.24, 2.45) is 0 Å². The Bertz CT molecular complexity index is 1000. The van der Waals surface area contributed by atoms with Crippen LogP contribution in [0.1, 0.15) is 23.2 Å². The molecule has 0 unspecified atom stereocenters. The van der Waals surface area contributed by atoms with Gasteiger partial charge in [0.1, 0.15) is 18.1 Å². The maximum atomic E-state index is 12.4. The lowest BCUT2D eigenvalue weighted by Gasteiger charge is -2.08. The van der Waals surface area contributed by atoms with E-state index in [0.717, 1.165) is 4.47 Å². The summed E-state index contributed by atoms with van der Waals surface area (Å²) in [6.45, 7) is 2.56. The van der Waals surface area contributed by atoms with E-state index in [4.69, 9.17) is 9.15 Å². The summed E-state index contributed by atoms with van der Waals surface area (Å²) in [6.07, 6.45) is 0. The fraction of sp³-hybridized carbons (Fsp3) is 0.143. The van der Waals surface area contributed by atoms with E-state index in [9.17, 15) is 9.59 Å². The second-order valence-corrected chi connectivity index (χ2v) is 6.95. The number of halogens is 1. The summed E-state index contributed by atoms with van der Waals surface area (Å²) in [4.78, 5) is 24.0. The van der Waals surface area contributed by atoms with Crippen LogP contribution in [0, 0.1) is 0 Å². The average Bonchev–Trinajstić information content (AvgIpc) is 3.16. The summed E-state index contributed by atoms with van der Waals surface area (Å²) >= 11 is 3.39. The molecule has 3 rings (SSSR count). The van der Waals surface area contributed by atoms with E-state index < -0.39 is 5.91 Å². The van der Waals surface area contributed by atoms with Crippen molar-refractivity contribution in [3.63, 3.8) is 0 Å². The van der Waals surface area contributed by atoms with Gasteiger partial charge in [-0.15, -0.1) is 0 Å². The van der Waals surface area contributed by atoms with Crippen LogP contribution in [0.2, 0.25) is 0 Å². The molecular weight excluding hydrogens is 438 g/mol.